The van der Waals surface area contributed by atoms with Gasteiger partial charge in [-0.15, -0.1) is 0 Å². The van der Waals surface area contributed by atoms with Crippen molar-refractivity contribution < 1.29 is 4.79 Å². The quantitative estimate of drug-likeness (QED) is 0.857. The summed E-state index contributed by atoms with van der Waals surface area (Å²) in [6.45, 7) is 8.97. The Morgan fingerprint density at radius 2 is 1.95 bits per heavy atom. The van der Waals surface area contributed by atoms with Gasteiger partial charge in [-0.3, -0.25) is 4.79 Å². The number of nitrogens with one attached hydrogen (secondary N) is 1. The summed E-state index contributed by atoms with van der Waals surface area (Å²) >= 11 is 0. The molecule has 0 aliphatic heterocycles. The molecule has 1 aromatic rings. The number of amides is 1. The molecule has 0 bridgehead atoms. The summed E-state index contributed by atoms with van der Waals surface area (Å²) in [5.74, 6) is -0.0305. The molecular formula is C16H26N2O. The maximum absolute atomic E-state index is 12.3. The van der Waals surface area contributed by atoms with Gasteiger partial charge in [-0.2, -0.15) is 0 Å². The van der Waals surface area contributed by atoms with E-state index in [1.807, 2.05) is 24.3 Å². The first-order valence-corrected chi connectivity index (χ1v) is 6.99. The first kappa shape index (κ1) is 15.7. The molecule has 3 N–H and O–H groups in total. The lowest BCUT2D eigenvalue weighted by atomic mass is 9.83. The molecule has 0 fully saturated rings. The van der Waals surface area contributed by atoms with Crippen LogP contribution in [0.15, 0.2) is 24.3 Å². The summed E-state index contributed by atoms with van der Waals surface area (Å²) in [7, 11) is 0. The van der Waals surface area contributed by atoms with Gasteiger partial charge >= 0.3 is 0 Å². The van der Waals surface area contributed by atoms with Crippen LogP contribution < -0.4 is 11.1 Å². The first-order valence-electron chi connectivity index (χ1n) is 6.99. The van der Waals surface area contributed by atoms with E-state index in [9.17, 15) is 4.79 Å². The zero-order valence-electron chi connectivity index (χ0n) is 12.5. The largest absolute Gasteiger partial charge is 0.350 e. The van der Waals surface area contributed by atoms with E-state index in [0.29, 0.717) is 6.54 Å². The summed E-state index contributed by atoms with van der Waals surface area (Å²) in [6.07, 6.45) is 1.97. The third kappa shape index (κ3) is 4.67. The lowest BCUT2D eigenvalue weighted by molar-refractivity contribution is 0.0948. The van der Waals surface area contributed by atoms with E-state index in [1.165, 1.54) is 0 Å². The Labute approximate surface area is 116 Å². The van der Waals surface area contributed by atoms with Crippen molar-refractivity contribution in [1.29, 1.82) is 0 Å². The van der Waals surface area contributed by atoms with Gasteiger partial charge in [0.05, 0.1) is 0 Å². The molecule has 0 aliphatic carbocycles. The van der Waals surface area contributed by atoms with Crippen molar-refractivity contribution in [3.63, 3.8) is 0 Å². The van der Waals surface area contributed by atoms with Crippen molar-refractivity contribution in [2.75, 3.05) is 6.54 Å². The topological polar surface area (TPSA) is 55.1 Å². The van der Waals surface area contributed by atoms with Crippen molar-refractivity contribution in [2.24, 2.45) is 5.73 Å². The third-order valence-corrected chi connectivity index (χ3v) is 3.16. The van der Waals surface area contributed by atoms with Crippen LogP contribution in [-0.4, -0.2) is 18.5 Å². The Morgan fingerprint density at radius 1 is 1.32 bits per heavy atom. The van der Waals surface area contributed by atoms with Crippen LogP contribution in [0.25, 0.3) is 0 Å². The van der Waals surface area contributed by atoms with Crippen LogP contribution in [0.5, 0.6) is 0 Å². The Kier molecular flexibility index (Phi) is 5.55. The van der Waals surface area contributed by atoms with Gasteiger partial charge in [0.1, 0.15) is 0 Å². The smallest absolute Gasteiger partial charge is 0.251 e. The maximum Gasteiger partial charge on any atom is 0.251 e. The second kappa shape index (κ2) is 6.71. The van der Waals surface area contributed by atoms with Crippen LogP contribution in [0.2, 0.25) is 0 Å². The molecule has 0 saturated carbocycles. The van der Waals surface area contributed by atoms with Gasteiger partial charge in [-0.1, -0.05) is 52.3 Å². The van der Waals surface area contributed by atoms with Gasteiger partial charge in [0.2, 0.25) is 0 Å². The highest BCUT2D eigenvalue weighted by Crippen LogP contribution is 2.25. The van der Waals surface area contributed by atoms with E-state index < -0.39 is 0 Å². The second-order valence-corrected chi connectivity index (χ2v) is 6.05. The lowest BCUT2D eigenvalue weighted by Gasteiger charge is -2.22. The predicted molar refractivity (Wildman–Crippen MR) is 80.4 cm³/mol. The molecular weight excluding hydrogens is 236 g/mol. The molecule has 3 nitrogen and oxygen atoms in total. The van der Waals surface area contributed by atoms with Crippen LogP contribution in [-0.2, 0) is 5.41 Å². The molecule has 106 valence electrons. The molecule has 1 unspecified atom stereocenters. The number of benzene rings is 1. The minimum absolute atomic E-state index is 0.0305. The van der Waals surface area contributed by atoms with Crippen molar-refractivity contribution in [1.82, 2.24) is 5.32 Å². The Morgan fingerprint density at radius 3 is 2.53 bits per heavy atom. The molecule has 1 rings (SSSR count). The monoisotopic (exact) mass is 262 g/mol. The van der Waals surface area contributed by atoms with E-state index >= 15 is 0 Å². The summed E-state index contributed by atoms with van der Waals surface area (Å²) < 4.78 is 0. The lowest BCUT2D eigenvalue weighted by Crippen LogP contribution is -2.37. The number of nitrogens with two attached hydrogens (primary N) is 1. The summed E-state index contributed by atoms with van der Waals surface area (Å²) in [5.41, 5.74) is 7.69. The number of rotatable bonds is 5. The van der Waals surface area contributed by atoms with E-state index in [1.54, 1.807) is 0 Å². The molecule has 1 atom stereocenters. The highest BCUT2D eigenvalue weighted by atomic mass is 16.1. The number of hydrogen-bond acceptors (Lipinski definition) is 2. The summed E-state index contributed by atoms with van der Waals surface area (Å²) in [4.78, 5) is 12.3. The van der Waals surface area contributed by atoms with Crippen molar-refractivity contribution in [3.05, 3.63) is 35.4 Å². The normalized spacial score (nSPS) is 13.1. The van der Waals surface area contributed by atoms with Crippen molar-refractivity contribution in [3.8, 4) is 0 Å². The molecule has 0 saturated heterocycles. The van der Waals surface area contributed by atoms with Gasteiger partial charge in [0.25, 0.3) is 5.91 Å². The van der Waals surface area contributed by atoms with Gasteiger partial charge in [0, 0.05) is 18.2 Å². The number of carbonyl (C=O) groups excluding carboxylic acids is 1. The van der Waals surface area contributed by atoms with Crippen LogP contribution in [0.1, 0.15) is 56.5 Å². The molecule has 0 heterocycles. The van der Waals surface area contributed by atoms with Crippen LogP contribution in [0, 0.1) is 0 Å². The fraction of sp³-hybridized carbons (Fsp3) is 0.562. The molecule has 1 aromatic carbocycles. The minimum atomic E-state index is -0.0422. The van der Waals surface area contributed by atoms with E-state index in [4.69, 9.17) is 5.73 Å². The zero-order chi connectivity index (χ0) is 14.5. The van der Waals surface area contributed by atoms with E-state index in [-0.39, 0.29) is 17.4 Å². The van der Waals surface area contributed by atoms with Crippen LogP contribution in [0.4, 0.5) is 0 Å². The average molecular weight is 262 g/mol. The SMILES string of the molecule is CCCC(N)CNC(=O)c1ccccc1C(C)(C)C. The van der Waals surface area contributed by atoms with Gasteiger partial charge in [-0.25, -0.2) is 0 Å². The zero-order valence-corrected chi connectivity index (χ0v) is 12.5. The fourth-order valence-corrected chi connectivity index (χ4v) is 2.13. The Bertz CT molecular complexity index is 421. The molecule has 0 aromatic heterocycles. The summed E-state index contributed by atoms with van der Waals surface area (Å²) in [5, 5.41) is 2.93. The first-order chi connectivity index (χ1) is 8.86. The van der Waals surface area contributed by atoms with Crippen molar-refractivity contribution >= 4 is 5.91 Å². The Hall–Kier alpha value is -1.35. The standard InChI is InChI=1S/C16H26N2O/c1-5-8-12(17)11-18-15(19)13-9-6-7-10-14(13)16(2,3)4/h6-7,9-10,12H,5,8,11,17H2,1-4H3,(H,18,19). The second-order valence-electron chi connectivity index (χ2n) is 6.05. The molecule has 0 spiro atoms. The summed E-state index contributed by atoms with van der Waals surface area (Å²) in [6, 6.07) is 7.80. The van der Waals surface area contributed by atoms with Gasteiger partial charge in [0.15, 0.2) is 0 Å². The molecule has 0 radical (unpaired) electrons. The third-order valence-electron chi connectivity index (χ3n) is 3.16. The predicted octanol–water partition coefficient (Wildman–Crippen LogP) is 2.84. The number of carbonyl (C=O) groups is 1. The average Bonchev–Trinajstić information content (AvgIpc) is 2.35. The molecule has 3 heteroatoms. The van der Waals surface area contributed by atoms with Gasteiger partial charge in [-0.05, 0) is 23.5 Å². The fourth-order valence-electron chi connectivity index (χ4n) is 2.13. The minimum Gasteiger partial charge on any atom is -0.350 e. The van der Waals surface area contributed by atoms with E-state index in [0.717, 1.165) is 24.0 Å². The molecule has 0 aliphatic rings. The molecule has 19 heavy (non-hydrogen) atoms. The molecule has 1 amide bonds. The Balaban J connectivity index is 2.78. The van der Waals surface area contributed by atoms with Gasteiger partial charge < -0.3 is 11.1 Å². The maximum atomic E-state index is 12.3. The van der Waals surface area contributed by atoms with Crippen LogP contribution in [0.3, 0.4) is 0 Å². The van der Waals surface area contributed by atoms with Crippen LogP contribution >= 0.6 is 0 Å². The number of hydrogen-bond donors (Lipinski definition) is 2. The highest BCUT2D eigenvalue weighted by molar-refractivity contribution is 5.96. The van der Waals surface area contributed by atoms with Crippen molar-refractivity contribution in [2.45, 2.75) is 52.0 Å². The highest BCUT2D eigenvalue weighted by Gasteiger charge is 2.21. The van der Waals surface area contributed by atoms with E-state index in [2.05, 4.69) is 33.0 Å².